The zero-order valence-electron chi connectivity index (χ0n) is 74.6. The van der Waals surface area contributed by atoms with E-state index in [1.54, 1.807) is 69.7 Å². The molecule has 18 rings (SSSR count). The van der Waals surface area contributed by atoms with Crippen molar-refractivity contribution in [2.45, 2.75) is 92.9 Å². The lowest BCUT2D eigenvalue weighted by Crippen LogP contribution is -2.39. The van der Waals surface area contributed by atoms with Gasteiger partial charge in [0.15, 0.2) is 0 Å². The number of aromatic nitrogens is 12. The molecule has 0 radical (unpaired) electrons. The van der Waals surface area contributed by atoms with Gasteiger partial charge in [-0.25, -0.2) is 29.9 Å². The van der Waals surface area contributed by atoms with Gasteiger partial charge in [-0.2, -0.15) is 0 Å². The predicted octanol–water partition coefficient (Wildman–Crippen LogP) is 8.79. The fraction of sp³-hybridized carbons (Fsp3) is 0.473. The molecule has 0 atom stereocenters. The minimum atomic E-state index is -0.00392. The minimum absolute atomic E-state index is 0.00219. The number of piperidine rings is 1. The Labute approximate surface area is 723 Å². The summed E-state index contributed by atoms with van der Waals surface area (Å²) in [7, 11) is 12.5. The van der Waals surface area contributed by atoms with Crippen LogP contribution in [0.15, 0.2) is 137 Å². The number of hydrogen-bond donors (Lipinski definition) is 5. The van der Waals surface area contributed by atoms with Crippen molar-refractivity contribution in [2.75, 3.05) is 184 Å². The number of likely N-dealkylation sites (tertiary alicyclic amines) is 2. The summed E-state index contributed by atoms with van der Waals surface area (Å²) in [5, 5.41) is 21.1. The zero-order valence-corrected chi connectivity index (χ0v) is 74.6. The fourth-order valence-corrected chi connectivity index (χ4v) is 16.1. The summed E-state index contributed by atoms with van der Waals surface area (Å²) in [5.41, 5.74) is 12.1. The van der Waals surface area contributed by atoms with Gasteiger partial charge in [0.05, 0.1) is 98.4 Å². The van der Waals surface area contributed by atoms with Crippen molar-refractivity contribution in [3.63, 3.8) is 0 Å². The number of fused-ring (bicyclic) bond motifs is 7. The molecule has 124 heavy (non-hydrogen) atoms. The van der Waals surface area contributed by atoms with E-state index in [2.05, 4.69) is 86.0 Å². The van der Waals surface area contributed by atoms with Crippen molar-refractivity contribution < 1.29 is 9.47 Å². The standard InChI is InChI=1S/C18H26N4O.C17H24N4O2.C16H22N4O2.C16H22N4O.C14H16N4O.C12H13N3O/c1-14-20-17-13-15(7-8-16(17)18(23)21(14)2)19-9-6-12-22-10-4-3-5-11-22;1-13-19-16-12-14(4-5-15(16)17(22)20(13)2)18-6-3-7-21-8-10-23-11-9-21;1-12-18-15-11-13(3-4-14(15)16(21)19(12)2)17-5-6-20-7-9-22-10-8-20;1-12-18-15-11-13(5-6-14(15)16(21)19(12)2)17-7-10-20-8-3-4-9-20;1-9-16-12-8-10(13-15-6-7-17(13)2)4-5-11(12)14(19)18(9)3;1-7-14-11-6-10-8(3-4-13-10)5-9(11)12(16)15(7)2/h7-8,13,19H,3-6,9-12H2,1-2H3;4-5,12,18H,3,6-11H2,1-2H3;3-4,11,17H,5-10H2,1-2H3;5-6,11,17H,3-4,7-10H2,1-2H3;4-5,8H,6-7H2,1-3H3;5-6,13H,3-4H2,1-2H3. The Balaban J connectivity index is 0.000000128. The highest BCUT2D eigenvalue weighted by atomic mass is 16.5. The minimum Gasteiger partial charge on any atom is -0.385 e. The number of aliphatic imine (C=N–C) groups is 1. The third-order valence-electron chi connectivity index (χ3n) is 24.4. The van der Waals surface area contributed by atoms with E-state index in [0.717, 1.165) is 251 Å². The van der Waals surface area contributed by atoms with Gasteiger partial charge in [0.25, 0.3) is 33.4 Å². The van der Waals surface area contributed by atoms with Crippen LogP contribution in [-0.4, -0.2) is 245 Å². The molecule has 0 amide bonds. The van der Waals surface area contributed by atoms with Crippen LogP contribution in [0.1, 0.15) is 91.0 Å². The molecule has 12 heterocycles. The van der Waals surface area contributed by atoms with Crippen LogP contribution in [0.3, 0.4) is 0 Å². The highest BCUT2D eigenvalue weighted by molar-refractivity contribution is 6.02. The number of hydrogen-bond acceptors (Lipinski definition) is 25. The van der Waals surface area contributed by atoms with Gasteiger partial charge in [0, 0.05) is 162 Å². The molecular formula is C93H123N23O8. The maximum absolute atomic E-state index is 12.2. The van der Waals surface area contributed by atoms with Gasteiger partial charge >= 0.3 is 0 Å². The van der Waals surface area contributed by atoms with E-state index >= 15 is 0 Å². The van der Waals surface area contributed by atoms with Crippen molar-refractivity contribution in [3.8, 4) is 0 Å². The molecule has 12 aromatic rings. The number of ether oxygens (including phenoxy) is 2. The first kappa shape index (κ1) is 90.1. The lowest BCUT2D eigenvalue weighted by Gasteiger charge is -2.26. The monoisotopic (exact) mass is 1690 g/mol. The van der Waals surface area contributed by atoms with Gasteiger partial charge in [0.1, 0.15) is 40.8 Å². The summed E-state index contributed by atoms with van der Waals surface area (Å²) in [5.74, 6) is 5.37. The van der Waals surface area contributed by atoms with E-state index in [1.807, 2.05) is 152 Å². The molecular weight excluding hydrogens is 1570 g/mol. The number of nitrogens with one attached hydrogen (secondary N) is 5. The molecule has 4 fully saturated rings. The van der Waals surface area contributed by atoms with E-state index in [-0.39, 0.29) is 33.4 Å². The van der Waals surface area contributed by atoms with E-state index < -0.39 is 0 Å². The Morgan fingerprint density at radius 1 is 0.339 bits per heavy atom. The second-order valence-corrected chi connectivity index (χ2v) is 32.9. The molecule has 0 spiro atoms. The van der Waals surface area contributed by atoms with Crippen LogP contribution in [-0.2, 0) is 58.2 Å². The van der Waals surface area contributed by atoms with Crippen LogP contribution in [0.25, 0.3) is 65.4 Å². The first-order chi connectivity index (χ1) is 59.8. The lowest BCUT2D eigenvalue weighted by molar-refractivity contribution is 0.0378. The molecule has 0 unspecified atom stereocenters. The van der Waals surface area contributed by atoms with Gasteiger partial charge in [-0.05, 0) is 228 Å². The maximum atomic E-state index is 12.2. The Morgan fingerprint density at radius 3 is 1.02 bits per heavy atom. The van der Waals surface area contributed by atoms with Crippen LogP contribution < -0.4 is 59.9 Å². The van der Waals surface area contributed by atoms with Crippen LogP contribution in [0, 0.1) is 41.5 Å². The van der Waals surface area contributed by atoms with Crippen molar-refractivity contribution in [1.82, 2.24) is 81.8 Å². The third-order valence-corrected chi connectivity index (χ3v) is 24.4. The normalized spacial score (nSPS) is 15.5. The van der Waals surface area contributed by atoms with Crippen molar-refractivity contribution in [2.24, 2.45) is 47.3 Å². The van der Waals surface area contributed by atoms with Gasteiger partial charge in [-0.3, -0.25) is 71.0 Å². The van der Waals surface area contributed by atoms with E-state index in [4.69, 9.17) is 9.47 Å². The molecule has 31 heteroatoms. The number of morpholine rings is 2. The van der Waals surface area contributed by atoms with Crippen molar-refractivity contribution in [1.29, 1.82) is 0 Å². The van der Waals surface area contributed by atoms with Gasteiger partial charge in [-0.15, -0.1) is 0 Å². The molecule has 4 saturated heterocycles. The van der Waals surface area contributed by atoms with Gasteiger partial charge in [-0.1, -0.05) is 12.5 Å². The Hall–Kier alpha value is -11.6. The molecule has 6 aromatic heterocycles. The quantitative estimate of drug-likeness (QED) is 0.0472. The van der Waals surface area contributed by atoms with Crippen LogP contribution in [0.4, 0.5) is 28.4 Å². The summed E-state index contributed by atoms with van der Waals surface area (Å²) >= 11 is 0. The summed E-state index contributed by atoms with van der Waals surface area (Å²) < 4.78 is 20.2. The highest BCUT2D eigenvalue weighted by Crippen LogP contribution is 2.27. The van der Waals surface area contributed by atoms with Crippen molar-refractivity contribution in [3.05, 3.63) is 211 Å². The molecule has 658 valence electrons. The van der Waals surface area contributed by atoms with E-state index in [1.165, 1.54) is 70.4 Å². The molecule has 6 aliphatic heterocycles. The number of nitrogens with zero attached hydrogens (tertiary/aromatic N) is 18. The molecule has 5 N–H and O–H groups in total. The van der Waals surface area contributed by atoms with Crippen LogP contribution in [0.2, 0.25) is 0 Å². The number of likely N-dealkylation sites (N-methyl/N-ethyl adjacent to an activating group) is 1. The Bertz CT molecular complexity index is 6080. The number of amidine groups is 1. The number of anilines is 5. The summed E-state index contributed by atoms with van der Waals surface area (Å²) in [6, 6.07) is 32.8. The zero-order chi connectivity index (χ0) is 87.7. The van der Waals surface area contributed by atoms with E-state index in [0.29, 0.717) is 26.9 Å². The molecule has 6 aliphatic rings. The number of rotatable bonds is 19. The second kappa shape index (κ2) is 42.2. The third kappa shape index (κ3) is 22.5. The molecule has 0 bridgehead atoms. The molecule has 0 saturated carbocycles. The first-order valence-corrected chi connectivity index (χ1v) is 43.7. The molecule has 6 aromatic carbocycles. The highest BCUT2D eigenvalue weighted by Gasteiger charge is 2.21. The van der Waals surface area contributed by atoms with Crippen LogP contribution >= 0.6 is 0 Å². The maximum Gasteiger partial charge on any atom is 0.261 e. The Morgan fingerprint density at radius 2 is 0.653 bits per heavy atom. The SMILES string of the molecule is Cc1nc2cc(C3=NCCN3C)ccc2c(=O)n1C.Cc1nc2cc(NCCCN3CCCCC3)ccc2c(=O)n1C.Cc1nc2cc(NCCCN3CCOCC3)ccc2c(=O)n1C.Cc1nc2cc(NCCN3CCCC3)ccc2c(=O)n1C.Cc1nc2cc(NCCN3CCOCC3)ccc2c(=O)n1C.Cc1nc2cc3c(cc2c(=O)n1C)CCN3. The van der Waals surface area contributed by atoms with Crippen LogP contribution in [0.5, 0.6) is 0 Å². The average molecular weight is 1690 g/mol. The van der Waals surface area contributed by atoms with E-state index in [9.17, 15) is 28.8 Å². The summed E-state index contributed by atoms with van der Waals surface area (Å²) in [6.45, 7) is 34.1. The fourth-order valence-electron chi connectivity index (χ4n) is 16.1. The van der Waals surface area contributed by atoms with Gasteiger partial charge in [0.2, 0.25) is 0 Å². The first-order valence-electron chi connectivity index (χ1n) is 43.7. The second-order valence-electron chi connectivity index (χ2n) is 32.9. The molecule has 31 nitrogen and oxygen atoms in total. The van der Waals surface area contributed by atoms with Gasteiger partial charge < -0.3 is 50.8 Å². The number of aryl methyl sites for hydroxylation is 6. The summed E-state index contributed by atoms with van der Waals surface area (Å²) in [6.07, 6.45) is 9.93. The Kier molecular flexibility index (Phi) is 30.7. The largest absolute Gasteiger partial charge is 0.385 e. The molecule has 0 aliphatic carbocycles. The predicted molar refractivity (Wildman–Crippen MR) is 500 cm³/mol. The number of benzene rings is 6. The summed E-state index contributed by atoms with van der Waals surface area (Å²) in [4.78, 5) is 116. The average Bonchev–Trinajstić information content (AvgIpc) is 1.06. The smallest absolute Gasteiger partial charge is 0.261 e. The van der Waals surface area contributed by atoms with Crippen molar-refractivity contribution >= 4 is 99.7 Å². The topological polar surface area (TPSA) is 317 Å². The lowest BCUT2D eigenvalue weighted by atomic mass is 10.1.